The van der Waals surface area contributed by atoms with E-state index in [9.17, 15) is 19.3 Å². The zero-order chi connectivity index (χ0) is 19.7. The fraction of sp³-hybridized carbons (Fsp3) is 0. The third-order valence-corrected chi connectivity index (χ3v) is 4.20. The highest BCUT2D eigenvalue weighted by molar-refractivity contribution is 6.06. The molecule has 0 fully saturated rings. The van der Waals surface area contributed by atoms with Crippen LogP contribution in [0.25, 0.3) is 16.9 Å². The monoisotopic (exact) mass is 376 g/mol. The summed E-state index contributed by atoms with van der Waals surface area (Å²) in [5.41, 5.74) is 1.65. The average molecular weight is 376 g/mol. The Balaban J connectivity index is 1.78. The molecular weight excluding hydrogens is 363 g/mol. The van der Waals surface area contributed by atoms with Gasteiger partial charge in [-0.1, -0.05) is 12.1 Å². The van der Waals surface area contributed by atoms with Crippen molar-refractivity contribution in [1.29, 1.82) is 0 Å². The lowest BCUT2D eigenvalue weighted by Crippen LogP contribution is -2.14. The van der Waals surface area contributed by atoms with Crippen molar-refractivity contribution >= 4 is 23.1 Å². The van der Waals surface area contributed by atoms with Crippen LogP contribution in [-0.4, -0.2) is 20.2 Å². The van der Waals surface area contributed by atoms with Gasteiger partial charge in [0.15, 0.2) is 0 Å². The van der Waals surface area contributed by atoms with Gasteiger partial charge in [-0.05, 0) is 42.5 Å². The van der Waals surface area contributed by atoms with Gasteiger partial charge in [0.2, 0.25) is 0 Å². The molecule has 8 heteroatoms. The van der Waals surface area contributed by atoms with E-state index in [1.807, 2.05) is 6.07 Å². The number of anilines is 1. The smallest absolute Gasteiger partial charge is 0.270 e. The fourth-order valence-corrected chi connectivity index (χ4v) is 2.86. The quantitative estimate of drug-likeness (QED) is 0.425. The zero-order valence-electron chi connectivity index (χ0n) is 14.4. The maximum absolute atomic E-state index is 13.3. The molecule has 138 valence electrons. The van der Waals surface area contributed by atoms with E-state index in [1.165, 1.54) is 36.4 Å². The summed E-state index contributed by atoms with van der Waals surface area (Å²) in [5.74, 6) is -0.508. The summed E-state index contributed by atoms with van der Waals surface area (Å²) >= 11 is 0. The van der Waals surface area contributed by atoms with Gasteiger partial charge in [0, 0.05) is 29.5 Å². The molecule has 2 heterocycles. The summed E-state index contributed by atoms with van der Waals surface area (Å²) in [6, 6.07) is 16.6. The van der Waals surface area contributed by atoms with Crippen molar-refractivity contribution in [3.8, 4) is 11.3 Å². The third kappa shape index (κ3) is 3.18. The largest absolute Gasteiger partial charge is 0.306 e. The van der Waals surface area contributed by atoms with E-state index in [4.69, 9.17) is 0 Å². The molecule has 0 unspecified atom stereocenters. The minimum atomic E-state index is -0.561. The second-order valence-electron chi connectivity index (χ2n) is 6.01. The molecule has 1 amide bonds. The lowest BCUT2D eigenvalue weighted by atomic mass is 10.1. The maximum Gasteiger partial charge on any atom is 0.270 e. The topological polar surface area (TPSA) is 89.5 Å². The standard InChI is InChI=1S/C20H13FN4O3/c21-15-9-7-13(8-10-15)18-19(24-11-2-1-6-17(24)22-18)23-20(26)14-4-3-5-16(12-14)25(27)28/h1-12H,(H,23,26). The number of amides is 1. The first-order valence-electron chi connectivity index (χ1n) is 8.32. The Bertz CT molecular complexity index is 1200. The van der Waals surface area contributed by atoms with E-state index in [0.29, 0.717) is 22.7 Å². The Hall–Kier alpha value is -4.07. The zero-order valence-corrected chi connectivity index (χ0v) is 14.4. The molecule has 28 heavy (non-hydrogen) atoms. The number of fused-ring (bicyclic) bond motifs is 1. The molecule has 7 nitrogen and oxygen atoms in total. The molecule has 0 saturated heterocycles. The van der Waals surface area contributed by atoms with Gasteiger partial charge in [-0.2, -0.15) is 0 Å². The van der Waals surface area contributed by atoms with Crippen molar-refractivity contribution in [1.82, 2.24) is 9.38 Å². The normalized spacial score (nSPS) is 10.8. The summed E-state index contributed by atoms with van der Waals surface area (Å²) in [7, 11) is 0. The van der Waals surface area contributed by atoms with E-state index in [0.717, 1.165) is 0 Å². The number of benzene rings is 2. The van der Waals surface area contributed by atoms with Crippen molar-refractivity contribution in [3.63, 3.8) is 0 Å². The second-order valence-corrected chi connectivity index (χ2v) is 6.01. The number of carbonyl (C=O) groups is 1. The van der Waals surface area contributed by atoms with Crippen LogP contribution in [-0.2, 0) is 0 Å². The third-order valence-electron chi connectivity index (χ3n) is 4.20. The van der Waals surface area contributed by atoms with Crippen LogP contribution in [0.2, 0.25) is 0 Å². The summed E-state index contributed by atoms with van der Waals surface area (Å²) in [5, 5.41) is 13.7. The molecule has 4 rings (SSSR count). The average Bonchev–Trinajstić information content (AvgIpc) is 3.07. The number of pyridine rings is 1. The van der Waals surface area contributed by atoms with Crippen molar-refractivity contribution in [2.45, 2.75) is 0 Å². The Morgan fingerprint density at radius 1 is 1.07 bits per heavy atom. The van der Waals surface area contributed by atoms with Gasteiger partial charge in [0.25, 0.3) is 11.6 Å². The summed E-state index contributed by atoms with van der Waals surface area (Å²) in [4.78, 5) is 27.7. The molecule has 0 aliphatic heterocycles. The number of hydrogen-bond acceptors (Lipinski definition) is 4. The predicted octanol–water partition coefficient (Wildman–Crippen LogP) is 4.30. The maximum atomic E-state index is 13.3. The number of aromatic nitrogens is 2. The number of nitrogens with zero attached hydrogens (tertiary/aromatic N) is 3. The van der Waals surface area contributed by atoms with Crippen molar-refractivity contribution in [3.05, 3.63) is 94.4 Å². The molecule has 0 saturated carbocycles. The number of hydrogen-bond donors (Lipinski definition) is 1. The van der Waals surface area contributed by atoms with Crippen LogP contribution in [0.15, 0.2) is 72.9 Å². The molecule has 2 aromatic heterocycles. The number of halogens is 1. The van der Waals surface area contributed by atoms with Gasteiger partial charge in [-0.15, -0.1) is 0 Å². The molecule has 1 N–H and O–H groups in total. The first-order valence-corrected chi connectivity index (χ1v) is 8.32. The molecule has 0 aliphatic carbocycles. The summed E-state index contributed by atoms with van der Waals surface area (Å²) in [6.45, 7) is 0. The van der Waals surface area contributed by atoms with Gasteiger partial charge in [-0.3, -0.25) is 19.3 Å². The van der Waals surface area contributed by atoms with E-state index in [2.05, 4.69) is 10.3 Å². The Kier molecular flexibility index (Phi) is 4.29. The number of non-ortho nitro benzene ring substituents is 1. The molecule has 0 atom stereocenters. The number of carbonyl (C=O) groups excluding carboxylic acids is 1. The van der Waals surface area contributed by atoms with Gasteiger partial charge < -0.3 is 5.32 Å². The summed E-state index contributed by atoms with van der Waals surface area (Å²) < 4.78 is 15.0. The minimum absolute atomic E-state index is 0.144. The molecule has 0 bridgehead atoms. The number of rotatable bonds is 4. The SMILES string of the molecule is O=C(Nc1c(-c2ccc(F)cc2)nc2ccccn12)c1cccc([N+](=O)[O-])c1. The van der Waals surface area contributed by atoms with Crippen LogP contribution in [0.3, 0.4) is 0 Å². The van der Waals surface area contributed by atoms with E-state index in [1.54, 1.807) is 34.9 Å². The lowest BCUT2D eigenvalue weighted by Gasteiger charge is -2.08. The molecular formula is C20H13FN4O3. The van der Waals surface area contributed by atoms with Crippen LogP contribution in [0.4, 0.5) is 15.9 Å². The Morgan fingerprint density at radius 3 is 2.61 bits per heavy atom. The number of imidazole rings is 1. The number of nitrogens with one attached hydrogen (secondary N) is 1. The molecule has 0 radical (unpaired) electrons. The molecule has 0 spiro atoms. The molecule has 4 aromatic rings. The highest BCUT2D eigenvalue weighted by Crippen LogP contribution is 2.29. The van der Waals surface area contributed by atoms with Crippen molar-refractivity contribution in [2.24, 2.45) is 0 Å². The van der Waals surface area contributed by atoms with Gasteiger partial charge in [0.05, 0.1) is 4.92 Å². The first kappa shape index (κ1) is 17.3. The van der Waals surface area contributed by atoms with Gasteiger partial charge in [0.1, 0.15) is 23.0 Å². The predicted molar refractivity (Wildman–Crippen MR) is 102 cm³/mol. The van der Waals surface area contributed by atoms with Crippen LogP contribution in [0.1, 0.15) is 10.4 Å². The minimum Gasteiger partial charge on any atom is -0.306 e. The first-order chi connectivity index (χ1) is 13.5. The van der Waals surface area contributed by atoms with E-state index >= 15 is 0 Å². The Labute approximate surface area is 158 Å². The summed E-state index contributed by atoms with van der Waals surface area (Å²) in [6.07, 6.45) is 1.73. The highest BCUT2D eigenvalue weighted by atomic mass is 19.1. The number of nitro benzene ring substituents is 1. The second kappa shape index (κ2) is 6.92. The van der Waals surface area contributed by atoms with Gasteiger partial charge in [-0.25, -0.2) is 9.37 Å². The molecule has 2 aromatic carbocycles. The van der Waals surface area contributed by atoms with E-state index in [-0.39, 0.29) is 17.1 Å². The van der Waals surface area contributed by atoms with Crippen LogP contribution < -0.4 is 5.32 Å². The van der Waals surface area contributed by atoms with E-state index < -0.39 is 10.8 Å². The highest BCUT2D eigenvalue weighted by Gasteiger charge is 2.18. The van der Waals surface area contributed by atoms with Crippen LogP contribution in [0.5, 0.6) is 0 Å². The lowest BCUT2D eigenvalue weighted by molar-refractivity contribution is -0.384. The Morgan fingerprint density at radius 2 is 1.86 bits per heavy atom. The number of nitro groups is 1. The van der Waals surface area contributed by atoms with Crippen molar-refractivity contribution < 1.29 is 14.1 Å². The van der Waals surface area contributed by atoms with Crippen LogP contribution >= 0.6 is 0 Å². The fourth-order valence-electron chi connectivity index (χ4n) is 2.86. The van der Waals surface area contributed by atoms with Crippen molar-refractivity contribution in [2.75, 3.05) is 5.32 Å². The van der Waals surface area contributed by atoms with Crippen LogP contribution in [0, 0.1) is 15.9 Å². The van der Waals surface area contributed by atoms with Gasteiger partial charge >= 0.3 is 0 Å². The molecule has 0 aliphatic rings.